The van der Waals surface area contributed by atoms with Gasteiger partial charge in [-0.3, -0.25) is 14.2 Å². The zero-order valence-electron chi connectivity index (χ0n) is 15.3. The number of phenols is 1. The molecule has 140 valence electrons. The van der Waals surface area contributed by atoms with Gasteiger partial charge in [-0.1, -0.05) is 23.7 Å². The number of benzene rings is 2. The number of amides is 1. The first-order valence-electron chi connectivity index (χ1n) is 8.44. The van der Waals surface area contributed by atoms with Crippen molar-refractivity contribution in [1.82, 2.24) is 14.9 Å². The number of carbonyl (C=O) groups excluding carboxylic acids is 1. The molecule has 3 aromatic rings. The van der Waals surface area contributed by atoms with E-state index in [-0.39, 0.29) is 23.6 Å². The minimum absolute atomic E-state index is 0.0393. The molecule has 0 aliphatic rings. The van der Waals surface area contributed by atoms with Gasteiger partial charge in [-0.15, -0.1) is 0 Å². The maximum absolute atomic E-state index is 13.1. The topological polar surface area (TPSA) is 84.2 Å². The van der Waals surface area contributed by atoms with Crippen molar-refractivity contribution in [3.8, 4) is 17.1 Å². The average Bonchev–Trinajstić information content (AvgIpc) is 2.56. The lowest BCUT2D eigenvalue weighted by Gasteiger charge is -2.21. The highest BCUT2D eigenvalue weighted by Crippen LogP contribution is 2.23. The van der Waals surface area contributed by atoms with Crippen LogP contribution in [0.1, 0.15) is 20.8 Å². The number of hydrogen-bond donors (Lipinski definition) is 2. The van der Waals surface area contributed by atoms with Crippen LogP contribution in [0.4, 0.5) is 0 Å². The third-order valence-electron chi connectivity index (χ3n) is 3.84. The quantitative estimate of drug-likeness (QED) is 0.724. The average molecular weight is 386 g/mol. The van der Waals surface area contributed by atoms with Crippen LogP contribution in [-0.4, -0.2) is 26.1 Å². The smallest absolute Gasteiger partial charge is 0.262 e. The lowest BCUT2D eigenvalue weighted by atomic mass is 10.1. The molecule has 0 atom stereocenters. The Labute approximate surface area is 161 Å². The van der Waals surface area contributed by atoms with Crippen LogP contribution in [0, 0.1) is 0 Å². The Kier molecular flexibility index (Phi) is 4.93. The first-order valence-corrected chi connectivity index (χ1v) is 8.82. The molecule has 27 heavy (non-hydrogen) atoms. The van der Waals surface area contributed by atoms with E-state index in [1.165, 1.54) is 16.7 Å². The number of halogens is 1. The minimum Gasteiger partial charge on any atom is -0.508 e. The van der Waals surface area contributed by atoms with Crippen LogP contribution in [0.15, 0.2) is 47.3 Å². The van der Waals surface area contributed by atoms with Crippen LogP contribution in [0.5, 0.6) is 5.75 Å². The fraction of sp³-hybridized carbons (Fsp3) is 0.250. The summed E-state index contributed by atoms with van der Waals surface area (Å²) in [6.45, 7) is 5.39. The summed E-state index contributed by atoms with van der Waals surface area (Å²) in [5.41, 5.74) is 0.215. The van der Waals surface area contributed by atoms with Crippen molar-refractivity contribution in [2.45, 2.75) is 32.9 Å². The van der Waals surface area contributed by atoms with E-state index in [1.807, 2.05) is 20.8 Å². The first kappa shape index (κ1) is 18.9. The Morgan fingerprint density at radius 1 is 1.22 bits per heavy atom. The zero-order chi connectivity index (χ0) is 19.8. The van der Waals surface area contributed by atoms with E-state index in [0.29, 0.717) is 21.9 Å². The molecule has 1 aromatic heterocycles. The van der Waals surface area contributed by atoms with E-state index in [2.05, 4.69) is 10.3 Å². The number of nitrogens with zero attached hydrogens (tertiary/aromatic N) is 2. The van der Waals surface area contributed by atoms with Crippen LogP contribution in [0.25, 0.3) is 22.3 Å². The molecule has 6 nitrogen and oxygen atoms in total. The lowest BCUT2D eigenvalue weighted by Crippen LogP contribution is -2.43. The molecule has 1 heterocycles. The molecule has 0 fully saturated rings. The van der Waals surface area contributed by atoms with Crippen molar-refractivity contribution in [3.63, 3.8) is 0 Å². The summed E-state index contributed by atoms with van der Waals surface area (Å²) in [6.07, 6.45) is 0. The van der Waals surface area contributed by atoms with E-state index in [0.717, 1.165) is 0 Å². The van der Waals surface area contributed by atoms with E-state index in [4.69, 9.17) is 11.6 Å². The number of carbonyl (C=O) groups is 1. The molecule has 7 heteroatoms. The Hall–Kier alpha value is -2.86. The van der Waals surface area contributed by atoms with E-state index < -0.39 is 11.1 Å². The van der Waals surface area contributed by atoms with Crippen LogP contribution < -0.4 is 10.9 Å². The number of phenolic OH excluding ortho intramolecular Hbond substituents is 1. The number of aromatic nitrogens is 2. The Bertz CT molecular complexity index is 1080. The Balaban J connectivity index is 2.21. The van der Waals surface area contributed by atoms with Gasteiger partial charge < -0.3 is 10.4 Å². The second-order valence-electron chi connectivity index (χ2n) is 7.34. The molecule has 2 N–H and O–H groups in total. The number of nitrogens with one attached hydrogen (secondary N) is 1. The molecule has 0 aliphatic heterocycles. The molecular formula is C20H20ClN3O3. The van der Waals surface area contributed by atoms with Gasteiger partial charge in [0.15, 0.2) is 0 Å². The molecule has 0 radical (unpaired) electrons. The highest BCUT2D eigenvalue weighted by molar-refractivity contribution is 6.30. The number of rotatable bonds is 3. The molecule has 0 saturated carbocycles. The van der Waals surface area contributed by atoms with Gasteiger partial charge in [-0.25, -0.2) is 4.98 Å². The molecule has 0 unspecified atom stereocenters. The fourth-order valence-electron chi connectivity index (χ4n) is 2.80. The van der Waals surface area contributed by atoms with E-state index in [1.54, 1.807) is 30.3 Å². The van der Waals surface area contributed by atoms with Gasteiger partial charge in [0.05, 0.1) is 10.9 Å². The maximum Gasteiger partial charge on any atom is 0.262 e. The van der Waals surface area contributed by atoms with Gasteiger partial charge in [0.2, 0.25) is 5.91 Å². The summed E-state index contributed by atoms with van der Waals surface area (Å²) < 4.78 is 1.30. The predicted molar refractivity (Wildman–Crippen MR) is 106 cm³/mol. The van der Waals surface area contributed by atoms with Gasteiger partial charge >= 0.3 is 0 Å². The number of hydrogen-bond acceptors (Lipinski definition) is 4. The zero-order valence-corrected chi connectivity index (χ0v) is 16.0. The highest BCUT2D eigenvalue weighted by Gasteiger charge is 2.19. The summed E-state index contributed by atoms with van der Waals surface area (Å²) in [4.78, 5) is 30.1. The number of aromatic hydroxyl groups is 1. The normalized spacial score (nSPS) is 11.6. The summed E-state index contributed by atoms with van der Waals surface area (Å²) in [5.74, 6) is -0.0125. The molecule has 0 bridgehead atoms. The SMILES string of the molecule is CC(C)(C)NC(=O)Cn1c(-c2cccc(Cl)c2)nc2ccc(O)cc2c1=O. The van der Waals surface area contributed by atoms with Crippen molar-refractivity contribution in [3.05, 3.63) is 57.8 Å². The summed E-state index contributed by atoms with van der Waals surface area (Å²) in [5, 5.41) is 13.3. The molecule has 0 spiro atoms. The van der Waals surface area contributed by atoms with Crippen molar-refractivity contribution in [1.29, 1.82) is 0 Å². The van der Waals surface area contributed by atoms with Gasteiger partial charge in [0.25, 0.3) is 5.56 Å². The summed E-state index contributed by atoms with van der Waals surface area (Å²) in [6, 6.07) is 11.3. The largest absolute Gasteiger partial charge is 0.508 e. The fourth-order valence-corrected chi connectivity index (χ4v) is 3.00. The summed E-state index contributed by atoms with van der Waals surface area (Å²) >= 11 is 6.09. The Morgan fingerprint density at radius 2 is 1.96 bits per heavy atom. The van der Waals surface area contributed by atoms with Crippen molar-refractivity contribution >= 4 is 28.4 Å². The van der Waals surface area contributed by atoms with Crippen molar-refractivity contribution < 1.29 is 9.90 Å². The molecule has 1 amide bonds. The molecular weight excluding hydrogens is 366 g/mol. The van der Waals surface area contributed by atoms with E-state index in [9.17, 15) is 14.7 Å². The van der Waals surface area contributed by atoms with Crippen LogP contribution >= 0.6 is 11.6 Å². The monoisotopic (exact) mass is 385 g/mol. The molecule has 2 aromatic carbocycles. The van der Waals surface area contributed by atoms with Gasteiger partial charge in [-0.2, -0.15) is 0 Å². The molecule has 3 rings (SSSR count). The minimum atomic E-state index is -0.431. The van der Waals surface area contributed by atoms with Gasteiger partial charge in [-0.05, 0) is 51.1 Å². The van der Waals surface area contributed by atoms with Crippen LogP contribution in [-0.2, 0) is 11.3 Å². The van der Waals surface area contributed by atoms with Gasteiger partial charge in [0.1, 0.15) is 18.1 Å². The highest BCUT2D eigenvalue weighted by atomic mass is 35.5. The lowest BCUT2D eigenvalue weighted by molar-refractivity contribution is -0.123. The number of fused-ring (bicyclic) bond motifs is 1. The van der Waals surface area contributed by atoms with Gasteiger partial charge in [0, 0.05) is 16.1 Å². The second-order valence-corrected chi connectivity index (χ2v) is 7.77. The van der Waals surface area contributed by atoms with Crippen LogP contribution in [0.2, 0.25) is 5.02 Å². The molecule has 0 saturated heterocycles. The molecule has 0 aliphatic carbocycles. The first-order chi connectivity index (χ1) is 12.6. The van der Waals surface area contributed by atoms with Crippen molar-refractivity contribution in [2.75, 3.05) is 0 Å². The predicted octanol–water partition coefficient (Wildman–Crippen LogP) is 3.34. The van der Waals surface area contributed by atoms with Crippen LogP contribution in [0.3, 0.4) is 0 Å². The Morgan fingerprint density at radius 3 is 2.63 bits per heavy atom. The third kappa shape index (κ3) is 4.28. The van der Waals surface area contributed by atoms with E-state index >= 15 is 0 Å². The summed E-state index contributed by atoms with van der Waals surface area (Å²) in [7, 11) is 0. The second kappa shape index (κ2) is 7.04. The maximum atomic E-state index is 13.1. The standard InChI is InChI=1S/C20H20ClN3O3/c1-20(2,3)23-17(26)11-24-18(12-5-4-6-13(21)9-12)22-16-8-7-14(25)10-15(16)19(24)27/h4-10,25H,11H2,1-3H3,(H,23,26). The third-order valence-corrected chi connectivity index (χ3v) is 4.07. The van der Waals surface area contributed by atoms with Crippen molar-refractivity contribution in [2.24, 2.45) is 0 Å².